The van der Waals surface area contributed by atoms with E-state index in [1.165, 1.54) is 0 Å². The molecule has 2 rings (SSSR count). The fourth-order valence-corrected chi connectivity index (χ4v) is 3.19. The molecule has 19 heavy (non-hydrogen) atoms. The van der Waals surface area contributed by atoms with Gasteiger partial charge < -0.3 is 9.84 Å². The molecule has 4 heteroatoms. The van der Waals surface area contributed by atoms with E-state index < -0.39 is 11.5 Å². The summed E-state index contributed by atoms with van der Waals surface area (Å²) >= 11 is 0. The van der Waals surface area contributed by atoms with E-state index in [4.69, 9.17) is 4.74 Å². The summed E-state index contributed by atoms with van der Waals surface area (Å²) in [6, 6.07) is 5.77. The Kier molecular flexibility index (Phi) is 3.80. The van der Waals surface area contributed by atoms with Crippen LogP contribution in [0.4, 0.5) is 0 Å². The number of carbonyl (C=O) groups is 1. The molecule has 0 spiro atoms. The molecule has 0 saturated carbocycles. The first-order valence-corrected chi connectivity index (χ1v) is 6.76. The Hall–Kier alpha value is -1.55. The van der Waals surface area contributed by atoms with Gasteiger partial charge in [-0.05, 0) is 49.2 Å². The van der Waals surface area contributed by atoms with Crippen molar-refractivity contribution in [3.8, 4) is 5.75 Å². The smallest absolute Gasteiger partial charge is 0.328 e. The number of ether oxygens (including phenoxy) is 1. The number of carboxylic acid groups (broad SMARTS) is 1. The third-order valence-corrected chi connectivity index (χ3v) is 4.18. The monoisotopic (exact) mass is 263 g/mol. The van der Waals surface area contributed by atoms with Gasteiger partial charge in [-0.3, -0.25) is 4.90 Å². The second-order valence-corrected chi connectivity index (χ2v) is 4.86. The number of aryl methyl sites for hydroxylation is 1. The molecule has 0 fully saturated rings. The maximum absolute atomic E-state index is 12.0. The Labute approximate surface area is 114 Å². The second kappa shape index (κ2) is 5.21. The lowest BCUT2D eigenvalue weighted by Crippen LogP contribution is -2.50. The fourth-order valence-electron chi connectivity index (χ4n) is 3.19. The second-order valence-electron chi connectivity index (χ2n) is 4.86. The van der Waals surface area contributed by atoms with E-state index in [1.54, 1.807) is 7.11 Å². The molecule has 0 aromatic heterocycles. The Morgan fingerprint density at radius 2 is 2.11 bits per heavy atom. The number of aliphatic carboxylic acids is 1. The van der Waals surface area contributed by atoms with E-state index in [1.807, 2.05) is 36.9 Å². The van der Waals surface area contributed by atoms with Crippen LogP contribution in [0.5, 0.6) is 5.75 Å². The molecule has 1 N–H and O–H groups in total. The fraction of sp³-hybridized carbons (Fsp3) is 0.533. The zero-order valence-corrected chi connectivity index (χ0v) is 11.8. The highest BCUT2D eigenvalue weighted by molar-refractivity contribution is 5.83. The van der Waals surface area contributed by atoms with E-state index in [2.05, 4.69) is 0 Å². The van der Waals surface area contributed by atoms with Gasteiger partial charge in [-0.15, -0.1) is 0 Å². The Morgan fingerprint density at radius 3 is 2.63 bits per heavy atom. The number of fused-ring (bicyclic) bond motifs is 1. The van der Waals surface area contributed by atoms with Gasteiger partial charge in [0.25, 0.3) is 0 Å². The molecule has 0 amide bonds. The van der Waals surface area contributed by atoms with Crippen molar-refractivity contribution in [1.29, 1.82) is 0 Å². The van der Waals surface area contributed by atoms with Crippen LogP contribution in [0.3, 0.4) is 0 Å². The number of hydrogen-bond donors (Lipinski definition) is 1. The lowest BCUT2D eigenvalue weighted by atomic mass is 9.89. The average Bonchev–Trinajstić information content (AvgIpc) is 2.80. The van der Waals surface area contributed by atoms with Crippen LogP contribution in [0.25, 0.3) is 0 Å². The standard InChI is InChI=1S/C15H21NO3/c1-4-16(5-2)15(14(17)18)9-8-11-6-7-12(19-3)10-13(11)15/h6-7,10H,4-5,8-9H2,1-3H3,(H,17,18). The van der Waals surface area contributed by atoms with Gasteiger partial charge in [0, 0.05) is 0 Å². The molecule has 0 radical (unpaired) electrons. The van der Waals surface area contributed by atoms with Gasteiger partial charge in [0.2, 0.25) is 0 Å². The van der Waals surface area contributed by atoms with Crippen molar-refractivity contribution in [3.05, 3.63) is 29.3 Å². The molecular weight excluding hydrogens is 242 g/mol. The number of benzene rings is 1. The molecule has 4 nitrogen and oxygen atoms in total. The quantitative estimate of drug-likeness (QED) is 0.885. The SMILES string of the molecule is CCN(CC)C1(C(=O)O)CCc2ccc(OC)cc21. The van der Waals surface area contributed by atoms with Gasteiger partial charge in [0.05, 0.1) is 7.11 Å². The highest BCUT2D eigenvalue weighted by atomic mass is 16.5. The predicted octanol–water partition coefficient (Wildman–Crippen LogP) is 2.26. The van der Waals surface area contributed by atoms with Gasteiger partial charge in [-0.1, -0.05) is 19.9 Å². The zero-order valence-electron chi connectivity index (χ0n) is 11.8. The molecule has 104 valence electrons. The summed E-state index contributed by atoms with van der Waals surface area (Å²) in [6.07, 6.45) is 1.44. The van der Waals surface area contributed by atoms with Gasteiger partial charge in [0.1, 0.15) is 11.3 Å². The van der Waals surface area contributed by atoms with E-state index in [-0.39, 0.29) is 0 Å². The molecule has 0 saturated heterocycles. The van der Waals surface area contributed by atoms with Crippen LogP contribution in [-0.4, -0.2) is 36.2 Å². The highest BCUT2D eigenvalue weighted by Gasteiger charge is 2.49. The lowest BCUT2D eigenvalue weighted by molar-refractivity contribution is -0.152. The van der Waals surface area contributed by atoms with Crippen LogP contribution in [-0.2, 0) is 16.8 Å². The first-order chi connectivity index (χ1) is 9.09. The topological polar surface area (TPSA) is 49.8 Å². The van der Waals surface area contributed by atoms with Gasteiger partial charge >= 0.3 is 5.97 Å². The van der Waals surface area contributed by atoms with E-state index >= 15 is 0 Å². The molecular formula is C15H21NO3. The summed E-state index contributed by atoms with van der Waals surface area (Å²) in [5.74, 6) is -0.0402. The van der Waals surface area contributed by atoms with Crippen molar-refractivity contribution in [3.63, 3.8) is 0 Å². The van der Waals surface area contributed by atoms with E-state index in [0.29, 0.717) is 6.42 Å². The Bertz CT molecular complexity index is 482. The van der Waals surface area contributed by atoms with Crippen molar-refractivity contribution < 1.29 is 14.6 Å². The summed E-state index contributed by atoms with van der Waals surface area (Å²) in [5, 5.41) is 9.82. The Morgan fingerprint density at radius 1 is 1.42 bits per heavy atom. The minimum atomic E-state index is -0.895. The van der Waals surface area contributed by atoms with Gasteiger partial charge in [-0.25, -0.2) is 4.79 Å². The number of methoxy groups -OCH3 is 1. The van der Waals surface area contributed by atoms with Crippen molar-refractivity contribution in [2.45, 2.75) is 32.2 Å². The van der Waals surface area contributed by atoms with Crippen molar-refractivity contribution >= 4 is 5.97 Å². The Balaban J connectivity index is 2.58. The molecule has 1 aromatic rings. The number of hydrogen-bond acceptors (Lipinski definition) is 3. The van der Waals surface area contributed by atoms with Crippen LogP contribution in [0.1, 0.15) is 31.4 Å². The maximum atomic E-state index is 12.0. The highest BCUT2D eigenvalue weighted by Crippen LogP contribution is 2.43. The van der Waals surface area contributed by atoms with Crippen molar-refractivity contribution in [2.75, 3.05) is 20.2 Å². The summed E-state index contributed by atoms with van der Waals surface area (Å²) in [5.41, 5.74) is 1.12. The summed E-state index contributed by atoms with van der Waals surface area (Å²) < 4.78 is 5.25. The molecule has 1 aliphatic carbocycles. The molecule has 1 aromatic carbocycles. The van der Waals surface area contributed by atoms with Crippen LogP contribution in [0, 0.1) is 0 Å². The minimum Gasteiger partial charge on any atom is -0.497 e. The average molecular weight is 263 g/mol. The van der Waals surface area contributed by atoms with E-state index in [0.717, 1.165) is 36.4 Å². The van der Waals surface area contributed by atoms with Crippen LogP contribution < -0.4 is 4.74 Å². The van der Waals surface area contributed by atoms with Gasteiger partial charge in [0.15, 0.2) is 0 Å². The molecule has 0 bridgehead atoms. The molecule has 0 heterocycles. The molecule has 0 aliphatic heterocycles. The third-order valence-electron chi connectivity index (χ3n) is 4.18. The summed E-state index contributed by atoms with van der Waals surface area (Å²) in [4.78, 5) is 14.0. The summed E-state index contributed by atoms with van der Waals surface area (Å²) in [6.45, 7) is 5.46. The van der Waals surface area contributed by atoms with Crippen LogP contribution in [0.15, 0.2) is 18.2 Å². The lowest BCUT2D eigenvalue weighted by Gasteiger charge is -2.37. The first kappa shape index (κ1) is 13.9. The zero-order chi connectivity index (χ0) is 14.0. The van der Waals surface area contributed by atoms with E-state index in [9.17, 15) is 9.90 Å². The first-order valence-electron chi connectivity index (χ1n) is 6.76. The van der Waals surface area contributed by atoms with Gasteiger partial charge in [-0.2, -0.15) is 0 Å². The molecule has 1 unspecified atom stereocenters. The number of carboxylic acids is 1. The number of nitrogens with zero attached hydrogens (tertiary/aromatic N) is 1. The molecule has 1 atom stereocenters. The third kappa shape index (κ3) is 2.00. The predicted molar refractivity (Wildman–Crippen MR) is 73.5 cm³/mol. The summed E-state index contributed by atoms with van der Waals surface area (Å²) in [7, 11) is 1.61. The molecule has 1 aliphatic rings. The van der Waals surface area contributed by atoms with Crippen molar-refractivity contribution in [2.24, 2.45) is 0 Å². The van der Waals surface area contributed by atoms with Crippen LogP contribution in [0.2, 0.25) is 0 Å². The van der Waals surface area contributed by atoms with Crippen molar-refractivity contribution in [1.82, 2.24) is 4.90 Å². The number of likely N-dealkylation sites (N-methyl/N-ethyl adjacent to an activating group) is 1. The normalized spacial score (nSPS) is 21.5. The maximum Gasteiger partial charge on any atom is 0.328 e. The largest absolute Gasteiger partial charge is 0.497 e. The minimum absolute atomic E-state index is 0.631. The number of rotatable bonds is 5. The van der Waals surface area contributed by atoms with Crippen LogP contribution >= 0.6 is 0 Å².